The second-order valence-electron chi connectivity index (χ2n) is 6.42. The Labute approximate surface area is 157 Å². The lowest BCUT2D eigenvalue weighted by molar-refractivity contribution is -0.129. The molecule has 0 saturated carbocycles. The van der Waals surface area contributed by atoms with Crippen molar-refractivity contribution >= 4 is 17.7 Å². The number of hydrogen-bond acceptors (Lipinski definition) is 4. The third-order valence-electron chi connectivity index (χ3n) is 4.41. The molecule has 1 aromatic carbocycles. The molecule has 2 N–H and O–H groups in total. The van der Waals surface area contributed by atoms with E-state index in [1.54, 1.807) is 29.3 Å². The number of carbonyl (C=O) groups excluding carboxylic acids is 3. The van der Waals surface area contributed by atoms with Gasteiger partial charge in [-0.15, -0.1) is 0 Å². The Morgan fingerprint density at radius 3 is 2.52 bits per heavy atom. The summed E-state index contributed by atoms with van der Waals surface area (Å²) in [6.45, 7) is 1.54. The highest BCUT2D eigenvalue weighted by atomic mass is 16.2. The van der Waals surface area contributed by atoms with Crippen molar-refractivity contribution in [2.24, 2.45) is 5.92 Å². The number of pyridine rings is 1. The van der Waals surface area contributed by atoms with Crippen LogP contribution in [0, 0.1) is 5.92 Å². The maximum Gasteiger partial charge on any atom is 0.269 e. The molecule has 1 aromatic heterocycles. The fraction of sp³-hybridized carbons (Fsp3) is 0.300. The molecule has 1 atom stereocenters. The molecule has 0 spiro atoms. The molecule has 1 fully saturated rings. The van der Waals surface area contributed by atoms with E-state index in [9.17, 15) is 14.4 Å². The standard InChI is InChI=1S/C20H22N4O3/c25-18-12-16(14-24(18)13-15-6-2-1-3-7-15)19(26)22-10-11-23-20(27)17-8-4-5-9-21-17/h1-9,16H,10-14H2,(H,22,26)(H,23,27)/t16-/m1/s1. The third-order valence-corrected chi connectivity index (χ3v) is 4.41. The number of rotatable bonds is 7. The summed E-state index contributed by atoms with van der Waals surface area (Å²) in [4.78, 5) is 42.0. The number of aromatic nitrogens is 1. The molecule has 2 heterocycles. The zero-order valence-electron chi connectivity index (χ0n) is 14.9. The van der Waals surface area contributed by atoms with Gasteiger partial charge in [-0.05, 0) is 17.7 Å². The molecule has 140 valence electrons. The fourth-order valence-electron chi connectivity index (χ4n) is 3.00. The molecule has 0 aliphatic carbocycles. The zero-order chi connectivity index (χ0) is 19.1. The largest absolute Gasteiger partial charge is 0.354 e. The van der Waals surface area contributed by atoms with Crippen molar-refractivity contribution in [2.75, 3.05) is 19.6 Å². The van der Waals surface area contributed by atoms with Gasteiger partial charge in [0.2, 0.25) is 11.8 Å². The van der Waals surface area contributed by atoms with Crippen molar-refractivity contribution in [3.05, 3.63) is 66.0 Å². The van der Waals surface area contributed by atoms with Crippen LogP contribution in [0.1, 0.15) is 22.5 Å². The van der Waals surface area contributed by atoms with Crippen LogP contribution in [-0.4, -0.2) is 47.2 Å². The van der Waals surface area contributed by atoms with Crippen LogP contribution in [0.3, 0.4) is 0 Å². The van der Waals surface area contributed by atoms with Gasteiger partial charge < -0.3 is 15.5 Å². The van der Waals surface area contributed by atoms with Crippen LogP contribution in [0.2, 0.25) is 0 Å². The first-order valence-corrected chi connectivity index (χ1v) is 8.92. The van der Waals surface area contributed by atoms with Gasteiger partial charge in [0.25, 0.3) is 5.91 Å². The van der Waals surface area contributed by atoms with Crippen molar-refractivity contribution in [2.45, 2.75) is 13.0 Å². The minimum Gasteiger partial charge on any atom is -0.354 e. The van der Waals surface area contributed by atoms with E-state index in [1.807, 2.05) is 30.3 Å². The Bertz CT molecular complexity index is 795. The van der Waals surface area contributed by atoms with Crippen molar-refractivity contribution < 1.29 is 14.4 Å². The van der Waals surface area contributed by atoms with Gasteiger partial charge in [0, 0.05) is 38.8 Å². The number of hydrogen-bond donors (Lipinski definition) is 2. The van der Waals surface area contributed by atoms with Crippen LogP contribution in [0.15, 0.2) is 54.7 Å². The molecule has 27 heavy (non-hydrogen) atoms. The van der Waals surface area contributed by atoms with Crippen LogP contribution in [0.25, 0.3) is 0 Å². The van der Waals surface area contributed by atoms with Gasteiger partial charge in [-0.1, -0.05) is 36.4 Å². The Morgan fingerprint density at radius 2 is 1.78 bits per heavy atom. The van der Waals surface area contributed by atoms with E-state index in [1.165, 1.54) is 0 Å². The third kappa shape index (κ3) is 5.13. The van der Waals surface area contributed by atoms with Gasteiger partial charge >= 0.3 is 0 Å². The molecule has 0 unspecified atom stereocenters. The van der Waals surface area contributed by atoms with Crippen LogP contribution in [0.4, 0.5) is 0 Å². The minimum atomic E-state index is -0.354. The highest BCUT2D eigenvalue weighted by Gasteiger charge is 2.33. The average Bonchev–Trinajstić information content (AvgIpc) is 3.07. The van der Waals surface area contributed by atoms with Crippen LogP contribution in [0.5, 0.6) is 0 Å². The first kappa shape index (κ1) is 18.6. The quantitative estimate of drug-likeness (QED) is 0.715. The lowest BCUT2D eigenvalue weighted by atomic mass is 10.1. The summed E-state index contributed by atoms with van der Waals surface area (Å²) in [6, 6.07) is 14.8. The summed E-state index contributed by atoms with van der Waals surface area (Å²) in [5.74, 6) is -0.809. The Morgan fingerprint density at radius 1 is 1.04 bits per heavy atom. The highest BCUT2D eigenvalue weighted by Crippen LogP contribution is 2.20. The topological polar surface area (TPSA) is 91.4 Å². The summed E-state index contributed by atoms with van der Waals surface area (Å²) in [5, 5.41) is 5.49. The Hall–Kier alpha value is -3.22. The molecular formula is C20H22N4O3. The number of amides is 3. The van der Waals surface area contributed by atoms with E-state index in [4.69, 9.17) is 0 Å². The van der Waals surface area contributed by atoms with E-state index in [-0.39, 0.29) is 30.1 Å². The molecule has 3 amide bonds. The van der Waals surface area contributed by atoms with Gasteiger partial charge in [-0.3, -0.25) is 19.4 Å². The highest BCUT2D eigenvalue weighted by molar-refractivity contribution is 5.92. The average molecular weight is 366 g/mol. The normalized spacial score (nSPS) is 16.2. The van der Waals surface area contributed by atoms with Gasteiger partial charge in [0.15, 0.2) is 0 Å². The van der Waals surface area contributed by atoms with Crippen molar-refractivity contribution in [3.63, 3.8) is 0 Å². The number of likely N-dealkylation sites (tertiary alicyclic amines) is 1. The molecular weight excluding hydrogens is 344 g/mol. The number of nitrogens with zero attached hydrogens (tertiary/aromatic N) is 2. The summed E-state index contributed by atoms with van der Waals surface area (Å²) in [7, 11) is 0. The maximum absolute atomic E-state index is 12.3. The van der Waals surface area contributed by atoms with E-state index < -0.39 is 0 Å². The van der Waals surface area contributed by atoms with E-state index in [0.29, 0.717) is 31.9 Å². The first-order chi connectivity index (χ1) is 13.1. The van der Waals surface area contributed by atoms with Gasteiger partial charge in [-0.25, -0.2) is 0 Å². The van der Waals surface area contributed by atoms with E-state index in [2.05, 4.69) is 15.6 Å². The smallest absolute Gasteiger partial charge is 0.269 e. The summed E-state index contributed by atoms with van der Waals surface area (Å²) in [5.41, 5.74) is 1.38. The number of carbonyl (C=O) groups is 3. The molecule has 1 saturated heterocycles. The molecule has 1 aliphatic heterocycles. The monoisotopic (exact) mass is 366 g/mol. The second kappa shape index (κ2) is 8.93. The summed E-state index contributed by atoms with van der Waals surface area (Å²) >= 11 is 0. The van der Waals surface area contributed by atoms with Gasteiger partial charge in [-0.2, -0.15) is 0 Å². The zero-order valence-corrected chi connectivity index (χ0v) is 14.9. The summed E-state index contributed by atoms with van der Waals surface area (Å²) in [6.07, 6.45) is 1.77. The molecule has 3 rings (SSSR count). The van der Waals surface area contributed by atoms with Gasteiger partial charge in [0.1, 0.15) is 5.69 Å². The van der Waals surface area contributed by atoms with E-state index >= 15 is 0 Å². The van der Waals surface area contributed by atoms with Crippen molar-refractivity contribution in [1.82, 2.24) is 20.5 Å². The predicted molar refractivity (Wildman–Crippen MR) is 99.5 cm³/mol. The predicted octanol–water partition coefficient (Wildman–Crippen LogP) is 0.976. The lowest BCUT2D eigenvalue weighted by Crippen LogP contribution is -2.38. The summed E-state index contributed by atoms with van der Waals surface area (Å²) < 4.78 is 0. The Kier molecular flexibility index (Phi) is 6.14. The lowest BCUT2D eigenvalue weighted by Gasteiger charge is -2.16. The van der Waals surface area contributed by atoms with Crippen LogP contribution < -0.4 is 10.6 Å². The molecule has 7 heteroatoms. The van der Waals surface area contributed by atoms with E-state index in [0.717, 1.165) is 5.56 Å². The molecule has 0 radical (unpaired) electrons. The fourth-order valence-corrected chi connectivity index (χ4v) is 3.00. The number of nitrogens with one attached hydrogen (secondary N) is 2. The van der Waals surface area contributed by atoms with Crippen molar-refractivity contribution in [1.29, 1.82) is 0 Å². The van der Waals surface area contributed by atoms with Crippen LogP contribution >= 0.6 is 0 Å². The molecule has 7 nitrogen and oxygen atoms in total. The minimum absolute atomic E-state index is 0.0116. The van der Waals surface area contributed by atoms with Gasteiger partial charge in [0.05, 0.1) is 5.92 Å². The number of benzene rings is 1. The molecule has 0 bridgehead atoms. The second-order valence-corrected chi connectivity index (χ2v) is 6.42. The van der Waals surface area contributed by atoms with Crippen LogP contribution in [-0.2, 0) is 16.1 Å². The molecule has 1 aliphatic rings. The molecule has 2 aromatic rings. The Balaban J connectivity index is 1.40. The maximum atomic E-state index is 12.3. The SMILES string of the molecule is O=C(NCCNC(=O)[C@@H]1CC(=O)N(Cc2ccccc2)C1)c1ccccn1. The first-order valence-electron chi connectivity index (χ1n) is 8.92. The van der Waals surface area contributed by atoms with Crippen molar-refractivity contribution in [3.8, 4) is 0 Å².